The standard InChI is InChI=1S/C26H22ClN3O6S/c1-3-36-22-11-7-6-10-20(22)28-26(32)18-13-16-8-4-5-9-17(16)24(25(18)31)30-29-21-14-23(37(33,34)35)15(2)12-19(21)27/h4-14,31H,3H2,1-2H3,(H,28,32)(H,33,34,35). The Bertz CT molecular complexity index is 1650. The fraction of sp³-hybridized carbons (Fsp3) is 0.115. The lowest BCUT2D eigenvalue weighted by Crippen LogP contribution is -2.13. The van der Waals surface area contributed by atoms with Gasteiger partial charge in [-0.05, 0) is 55.1 Å². The second-order valence-electron chi connectivity index (χ2n) is 7.97. The highest BCUT2D eigenvalue weighted by Crippen LogP contribution is 2.41. The van der Waals surface area contributed by atoms with E-state index in [-0.39, 0.29) is 32.4 Å². The fourth-order valence-electron chi connectivity index (χ4n) is 3.73. The van der Waals surface area contributed by atoms with E-state index in [1.54, 1.807) is 48.5 Å². The molecule has 4 aromatic carbocycles. The van der Waals surface area contributed by atoms with Crippen molar-refractivity contribution in [1.29, 1.82) is 0 Å². The summed E-state index contributed by atoms with van der Waals surface area (Å²) in [7, 11) is -4.53. The number of ether oxygens (including phenoxy) is 1. The van der Waals surface area contributed by atoms with Crippen molar-refractivity contribution in [2.75, 3.05) is 11.9 Å². The van der Waals surface area contributed by atoms with Gasteiger partial charge in [0.15, 0.2) is 5.75 Å². The lowest BCUT2D eigenvalue weighted by atomic mass is 10.0. The maximum atomic E-state index is 13.2. The van der Waals surface area contributed by atoms with Gasteiger partial charge in [0, 0.05) is 5.39 Å². The van der Waals surface area contributed by atoms with E-state index in [0.717, 1.165) is 6.07 Å². The van der Waals surface area contributed by atoms with E-state index in [9.17, 15) is 22.9 Å². The Morgan fingerprint density at radius 2 is 1.76 bits per heavy atom. The van der Waals surface area contributed by atoms with E-state index >= 15 is 0 Å². The van der Waals surface area contributed by atoms with Crippen molar-refractivity contribution in [2.24, 2.45) is 10.2 Å². The van der Waals surface area contributed by atoms with Crippen molar-refractivity contribution >= 4 is 55.5 Å². The minimum Gasteiger partial charge on any atom is -0.505 e. The van der Waals surface area contributed by atoms with Crippen molar-refractivity contribution in [3.63, 3.8) is 0 Å². The number of nitrogens with one attached hydrogen (secondary N) is 1. The van der Waals surface area contributed by atoms with E-state index in [0.29, 0.717) is 28.8 Å². The summed E-state index contributed by atoms with van der Waals surface area (Å²) in [5, 5.41) is 23.1. The molecule has 0 saturated carbocycles. The van der Waals surface area contributed by atoms with Crippen LogP contribution in [0.1, 0.15) is 22.8 Å². The number of anilines is 1. The normalized spacial score (nSPS) is 11.7. The summed E-state index contributed by atoms with van der Waals surface area (Å²) >= 11 is 6.22. The molecule has 0 aliphatic carbocycles. The van der Waals surface area contributed by atoms with E-state index < -0.39 is 21.8 Å². The molecule has 0 aromatic heterocycles. The highest BCUT2D eigenvalue weighted by molar-refractivity contribution is 7.85. The Hall–Kier alpha value is -3.99. The molecule has 1 amide bonds. The van der Waals surface area contributed by atoms with Gasteiger partial charge in [-0.2, -0.15) is 8.42 Å². The molecule has 0 atom stereocenters. The zero-order chi connectivity index (χ0) is 26.7. The Morgan fingerprint density at radius 3 is 2.49 bits per heavy atom. The molecule has 0 bridgehead atoms. The quantitative estimate of drug-likeness (QED) is 0.174. The van der Waals surface area contributed by atoms with Crippen LogP contribution in [0.5, 0.6) is 11.5 Å². The van der Waals surface area contributed by atoms with Gasteiger partial charge in [-0.25, -0.2) is 0 Å². The number of hydrogen-bond donors (Lipinski definition) is 3. The van der Waals surface area contributed by atoms with Crippen LogP contribution in [-0.2, 0) is 10.1 Å². The Morgan fingerprint density at radius 1 is 1.05 bits per heavy atom. The summed E-state index contributed by atoms with van der Waals surface area (Å²) in [6.45, 7) is 3.70. The van der Waals surface area contributed by atoms with E-state index in [2.05, 4.69) is 15.5 Å². The fourth-order valence-corrected chi connectivity index (χ4v) is 4.72. The zero-order valence-electron chi connectivity index (χ0n) is 19.8. The number of azo groups is 1. The second kappa shape index (κ2) is 10.6. The van der Waals surface area contributed by atoms with Crippen LogP contribution in [0.3, 0.4) is 0 Å². The van der Waals surface area contributed by atoms with Crippen LogP contribution in [-0.4, -0.2) is 30.6 Å². The molecular formula is C26H22ClN3O6S. The molecule has 4 aromatic rings. The van der Waals surface area contributed by atoms with Crippen LogP contribution in [0.25, 0.3) is 10.8 Å². The predicted molar refractivity (Wildman–Crippen MR) is 141 cm³/mol. The number of amides is 1. The van der Waals surface area contributed by atoms with Crippen molar-refractivity contribution in [3.05, 3.63) is 82.9 Å². The van der Waals surface area contributed by atoms with Gasteiger partial charge < -0.3 is 15.2 Å². The molecule has 0 aliphatic heterocycles. The SMILES string of the molecule is CCOc1ccccc1NC(=O)c1cc2ccccc2c(N=Nc2cc(S(=O)(=O)O)c(C)cc2Cl)c1O. The molecule has 0 fully saturated rings. The molecular weight excluding hydrogens is 518 g/mol. The number of aromatic hydroxyl groups is 1. The minimum atomic E-state index is -4.53. The Balaban J connectivity index is 1.80. The van der Waals surface area contributed by atoms with Crippen LogP contribution in [0.15, 0.2) is 81.9 Å². The highest BCUT2D eigenvalue weighted by Gasteiger charge is 2.20. The van der Waals surface area contributed by atoms with Gasteiger partial charge in [0.1, 0.15) is 17.1 Å². The first kappa shape index (κ1) is 26.1. The van der Waals surface area contributed by atoms with E-state index in [1.807, 2.05) is 6.92 Å². The van der Waals surface area contributed by atoms with Gasteiger partial charge in [0.05, 0.1) is 27.8 Å². The monoisotopic (exact) mass is 539 g/mol. The molecule has 11 heteroatoms. The molecule has 37 heavy (non-hydrogen) atoms. The maximum absolute atomic E-state index is 13.2. The Labute approximate surface area is 218 Å². The average molecular weight is 540 g/mol. The van der Waals surface area contributed by atoms with Gasteiger partial charge in [0.25, 0.3) is 16.0 Å². The molecule has 0 spiro atoms. The molecule has 0 heterocycles. The lowest BCUT2D eigenvalue weighted by molar-refractivity contribution is 0.102. The van der Waals surface area contributed by atoms with Gasteiger partial charge in [-0.15, -0.1) is 10.2 Å². The maximum Gasteiger partial charge on any atom is 0.294 e. The first-order chi connectivity index (χ1) is 17.6. The van der Waals surface area contributed by atoms with Crippen molar-refractivity contribution < 1.29 is 27.6 Å². The van der Waals surface area contributed by atoms with E-state index in [4.69, 9.17) is 16.3 Å². The lowest BCUT2D eigenvalue weighted by Gasteiger charge is -2.13. The summed E-state index contributed by atoms with van der Waals surface area (Å²) in [5.74, 6) is -0.567. The van der Waals surface area contributed by atoms with Crippen molar-refractivity contribution in [1.82, 2.24) is 0 Å². The van der Waals surface area contributed by atoms with Crippen LogP contribution in [0.2, 0.25) is 5.02 Å². The number of halogens is 1. The summed E-state index contributed by atoms with van der Waals surface area (Å²) in [5.41, 5.74) is 0.517. The first-order valence-corrected chi connectivity index (χ1v) is 12.9. The smallest absolute Gasteiger partial charge is 0.294 e. The third-order valence-electron chi connectivity index (χ3n) is 5.45. The molecule has 0 radical (unpaired) electrons. The molecule has 3 N–H and O–H groups in total. The summed E-state index contributed by atoms with van der Waals surface area (Å²) in [6, 6.07) is 17.8. The summed E-state index contributed by atoms with van der Waals surface area (Å²) in [4.78, 5) is 12.8. The number of para-hydroxylation sites is 2. The minimum absolute atomic E-state index is 0.0219. The van der Waals surface area contributed by atoms with E-state index in [1.165, 1.54) is 19.1 Å². The predicted octanol–water partition coefficient (Wildman–Crippen LogP) is 6.82. The van der Waals surface area contributed by atoms with Gasteiger partial charge in [-0.3, -0.25) is 9.35 Å². The third-order valence-corrected chi connectivity index (χ3v) is 6.75. The van der Waals surface area contributed by atoms with Crippen LogP contribution in [0, 0.1) is 6.92 Å². The molecule has 0 aliphatic rings. The number of phenols is 1. The number of benzene rings is 4. The number of carbonyl (C=O) groups excluding carboxylic acids is 1. The van der Waals surface area contributed by atoms with Crippen molar-refractivity contribution in [2.45, 2.75) is 18.7 Å². The summed E-state index contributed by atoms with van der Waals surface area (Å²) in [6.07, 6.45) is 0. The first-order valence-electron chi connectivity index (χ1n) is 11.1. The van der Waals surface area contributed by atoms with Crippen molar-refractivity contribution in [3.8, 4) is 11.5 Å². The number of aryl methyl sites for hydroxylation is 1. The van der Waals surface area contributed by atoms with Crippen LogP contribution >= 0.6 is 11.6 Å². The number of fused-ring (bicyclic) bond motifs is 1. The number of nitrogens with zero attached hydrogens (tertiary/aromatic N) is 2. The molecule has 4 rings (SSSR count). The largest absolute Gasteiger partial charge is 0.505 e. The Kier molecular flexibility index (Phi) is 7.44. The van der Waals surface area contributed by atoms with Gasteiger partial charge in [0.2, 0.25) is 0 Å². The molecule has 0 saturated heterocycles. The molecule has 9 nitrogen and oxygen atoms in total. The zero-order valence-corrected chi connectivity index (χ0v) is 21.3. The van der Waals surface area contributed by atoms with Gasteiger partial charge in [-0.1, -0.05) is 48.0 Å². The number of phenolic OH excluding ortho intramolecular Hbond substituents is 1. The molecule has 0 unspecified atom stereocenters. The van der Waals surface area contributed by atoms with Gasteiger partial charge >= 0.3 is 0 Å². The molecule has 190 valence electrons. The average Bonchev–Trinajstić information content (AvgIpc) is 2.84. The van der Waals surface area contributed by atoms with Crippen LogP contribution in [0.4, 0.5) is 17.1 Å². The highest BCUT2D eigenvalue weighted by atomic mass is 35.5. The third kappa shape index (κ3) is 5.56. The number of rotatable bonds is 7. The van der Waals surface area contributed by atoms with Crippen LogP contribution < -0.4 is 10.1 Å². The topological polar surface area (TPSA) is 138 Å². The second-order valence-corrected chi connectivity index (χ2v) is 9.77. The number of carbonyl (C=O) groups is 1. The number of hydrogen-bond acceptors (Lipinski definition) is 7. The summed E-state index contributed by atoms with van der Waals surface area (Å²) < 4.78 is 38.4.